The molecule has 0 aliphatic heterocycles. The minimum Gasteiger partial charge on any atom is -0.495 e. The minimum atomic E-state index is -0.597. The van der Waals surface area contributed by atoms with E-state index in [0.717, 1.165) is 0 Å². The molecule has 1 N–H and O–H groups in total. The number of hydrogen-bond acceptors (Lipinski definition) is 5. The number of methoxy groups -OCH3 is 1. The first-order chi connectivity index (χ1) is 9.56. The molecular formula is C13H16ClNO5. The lowest BCUT2D eigenvalue weighted by Gasteiger charge is -2.10. The maximum Gasteiger partial charge on any atom is 0.332 e. The number of esters is 1. The van der Waals surface area contributed by atoms with Gasteiger partial charge in [-0.1, -0.05) is 11.6 Å². The van der Waals surface area contributed by atoms with Crippen LogP contribution in [0.4, 0.5) is 5.69 Å². The molecule has 0 fully saturated rings. The zero-order chi connectivity index (χ0) is 15.0. The molecule has 1 rings (SSSR count). The molecule has 0 aliphatic carbocycles. The number of hydrogen-bond donors (Lipinski definition) is 1. The van der Waals surface area contributed by atoms with Gasteiger partial charge < -0.3 is 19.5 Å². The fourth-order valence-corrected chi connectivity index (χ4v) is 1.51. The second kappa shape index (κ2) is 8.39. The fourth-order valence-electron chi connectivity index (χ4n) is 1.34. The summed E-state index contributed by atoms with van der Waals surface area (Å²) in [6.07, 6.45) is 0. The lowest BCUT2D eigenvalue weighted by atomic mass is 10.3. The van der Waals surface area contributed by atoms with Gasteiger partial charge in [0.25, 0.3) is 5.91 Å². The first-order valence-corrected chi connectivity index (χ1v) is 6.31. The molecule has 1 aromatic rings. The van der Waals surface area contributed by atoms with E-state index in [1.54, 1.807) is 25.1 Å². The lowest BCUT2D eigenvalue weighted by Crippen LogP contribution is -2.23. The Kier molecular flexibility index (Phi) is 6.83. The van der Waals surface area contributed by atoms with E-state index in [2.05, 4.69) is 5.32 Å². The monoisotopic (exact) mass is 301 g/mol. The number of carbonyl (C=O) groups is 2. The molecule has 0 unspecified atom stereocenters. The van der Waals surface area contributed by atoms with Gasteiger partial charge in [-0.3, -0.25) is 4.79 Å². The Hall–Kier alpha value is -1.79. The van der Waals surface area contributed by atoms with Gasteiger partial charge in [0.05, 0.1) is 12.8 Å². The molecule has 0 spiro atoms. The van der Waals surface area contributed by atoms with Crippen LogP contribution in [0.5, 0.6) is 5.75 Å². The Labute approximate surface area is 122 Å². The van der Waals surface area contributed by atoms with Crippen LogP contribution in [0.2, 0.25) is 5.02 Å². The molecule has 0 bridgehead atoms. The summed E-state index contributed by atoms with van der Waals surface area (Å²) >= 11 is 5.83. The fraction of sp³-hybridized carbons (Fsp3) is 0.385. The number of halogens is 1. The SMILES string of the molecule is CCOCC(=O)OCC(=O)Nc1cc(Cl)ccc1OC. The van der Waals surface area contributed by atoms with Crippen molar-refractivity contribution in [3.63, 3.8) is 0 Å². The molecule has 0 saturated heterocycles. The number of benzene rings is 1. The summed E-state index contributed by atoms with van der Waals surface area (Å²) in [5.74, 6) is -0.626. The smallest absolute Gasteiger partial charge is 0.332 e. The van der Waals surface area contributed by atoms with Crippen molar-refractivity contribution in [3.05, 3.63) is 23.2 Å². The summed E-state index contributed by atoms with van der Waals surface area (Å²) in [7, 11) is 1.47. The average molecular weight is 302 g/mol. The number of amides is 1. The predicted molar refractivity (Wildman–Crippen MR) is 74.1 cm³/mol. The number of anilines is 1. The van der Waals surface area contributed by atoms with Gasteiger partial charge in [0, 0.05) is 11.6 Å². The van der Waals surface area contributed by atoms with Crippen molar-refractivity contribution >= 4 is 29.2 Å². The van der Waals surface area contributed by atoms with E-state index in [0.29, 0.717) is 23.1 Å². The number of ether oxygens (including phenoxy) is 3. The van der Waals surface area contributed by atoms with Crippen LogP contribution in [0, 0.1) is 0 Å². The predicted octanol–water partition coefficient (Wildman–Crippen LogP) is 1.87. The van der Waals surface area contributed by atoms with Crippen LogP contribution in [0.25, 0.3) is 0 Å². The topological polar surface area (TPSA) is 73.9 Å². The Morgan fingerprint density at radius 1 is 1.30 bits per heavy atom. The van der Waals surface area contributed by atoms with Crippen LogP contribution in [0.1, 0.15) is 6.92 Å². The molecule has 7 heteroatoms. The molecular weight excluding hydrogens is 286 g/mol. The van der Waals surface area contributed by atoms with Gasteiger partial charge in [-0.25, -0.2) is 4.79 Å². The van der Waals surface area contributed by atoms with Gasteiger partial charge >= 0.3 is 5.97 Å². The van der Waals surface area contributed by atoms with E-state index in [9.17, 15) is 9.59 Å². The van der Waals surface area contributed by atoms with E-state index >= 15 is 0 Å². The van der Waals surface area contributed by atoms with E-state index in [-0.39, 0.29) is 6.61 Å². The molecule has 0 heterocycles. The van der Waals surface area contributed by atoms with E-state index in [1.807, 2.05) is 0 Å². The summed E-state index contributed by atoms with van der Waals surface area (Å²) in [5, 5.41) is 3.00. The van der Waals surface area contributed by atoms with Gasteiger partial charge in [0.15, 0.2) is 6.61 Å². The maximum atomic E-state index is 11.6. The lowest BCUT2D eigenvalue weighted by molar-refractivity contribution is -0.151. The molecule has 6 nitrogen and oxygen atoms in total. The summed E-state index contributed by atoms with van der Waals surface area (Å²) in [4.78, 5) is 22.8. The molecule has 20 heavy (non-hydrogen) atoms. The molecule has 1 aromatic carbocycles. The van der Waals surface area contributed by atoms with E-state index < -0.39 is 18.5 Å². The Morgan fingerprint density at radius 3 is 2.70 bits per heavy atom. The van der Waals surface area contributed by atoms with Gasteiger partial charge in [-0.05, 0) is 25.1 Å². The second-order valence-corrected chi connectivity index (χ2v) is 4.13. The van der Waals surface area contributed by atoms with Crippen molar-refractivity contribution in [2.24, 2.45) is 0 Å². The van der Waals surface area contributed by atoms with Crippen LogP contribution < -0.4 is 10.1 Å². The summed E-state index contributed by atoms with van der Waals surface area (Å²) in [6.45, 7) is 1.58. The van der Waals surface area contributed by atoms with Crippen molar-refractivity contribution < 1.29 is 23.8 Å². The number of rotatable bonds is 7. The molecule has 1 amide bonds. The highest BCUT2D eigenvalue weighted by molar-refractivity contribution is 6.31. The standard InChI is InChI=1S/C13H16ClNO5/c1-3-19-8-13(17)20-7-12(16)15-10-6-9(14)4-5-11(10)18-2/h4-6H,3,7-8H2,1-2H3,(H,15,16). The van der Waals surface area contributed by atoms with Gasteiger partial charge in [-0.15, -0.1) is 0 Å². The normalized spacial score (nSPS) is 9.95. The highest BCUT2D eigenvalue weighted by Crippen LogP contribution is 2.27. The van der Waals surface area contributed by atoms with Crippen LogP contribution >= 0.6 is 11.6 Å². The third kappa shape index (κ3) is 5.46. The molecule has 0 radical (unpaired) electrons. The Morgan fingerprint density at radius 2 is 2.05 bits per heavy atom. The van der Waals surface area contributed by atoms with Crippen molar-refractivity contribution in [2.75, 3.05) is 32.2 Å². The van der Waals surface area contributed by atoms with Crippen molar-refractivity contribution in [1.29, 1.82) is 0 Å². The molecule has 0 aliphatic rings. The van der Waals surface area contributed by atoms with Crippen LogP contribution in [-0.4, -0.2) is 38.8 Å². The number of nitrogens with one attached hydrogen (secondary N) is 1. The van der Waals surface area contributed by atoms with E-state index in [1.165, 1.54) is 7.11 Å². The molecule has 0 aromatic heterocycles. The average Bonchev–Trinajstić information content (AvgIpc) is 2.43. The zero-order valence-corrected chi connectivity index (χ0v) is 12.0. The molecule has 0 saturated carbocycles. The van der Waals surface area contributed by atoms with Gasteiger partial charge in [0.2, 0.25) is 0 Å². The highest BCUT2D eigenvalue weighted by atomic mass is 35.5. The quantitative estimate of drug-likeness (QED) is 0.778. The summed E-state index contributed by atoms with van der Waals surface area (Å²) < 4.78 is 14.7. The molecule has 110 valence electrons. The number of carbonyl (C=O) groups excluding carboxylic acids is 2. The zero-order valence-electron chi connectivity index (χ0n) is 11.3. The molecule has 0 atom stereocenters. The summed E-state index contributed by atoms with van der Waals surface area (Å²) in [5.41, 5.74) is 0.408. The Bertz CT molecular complexity index is 478. The second-order valence-electron chi connectivity index (χ2n) is 3.69. The minimum absolute atomic E-state index is 0.176. The van der Waals surface area contributed by atoms with Crippen LogP contribution in [0.15, 0.2) is 18.2 Å². The first kappa shape index (κ1) is 16.3. The first-order valence-electron chi connectivity index (χ1n) is 5.93. The highest BCUT2D eigenvalue weighted by Gasteiger charge is 2.11. The van der Waals surface area contributed by atoms with Crippen molar-refractivity contribution in [3.8, 4) is 5.75 Å². The van der Waals surface area contributed by atoms with Crippen LogP contribution in [-0.2, 0) is 19.1 Å². The van der Waals surface area contributed by atoms with Crippen molar-refractivity contribution in [1.82, 2.24) is 0 Å². The van der Waals surface area contributed by atoms with E-state index in [4.69, 9.17) is 25.8 Å². The van der Waals surface area contributed by atoms with Crippen molar-refractivity contribution in [2.45, 2.75) is 6.92 Å². The van der Waals surface area contributed by atoms with Crippen LogP contribution in [0.3, 0.4) is 0 Å². The third-order valence-electron chi connectivity index (χ3n) is 2.22. The van der Waals surface area contributed by atoms with Gasteiger partial charge in [-0.2, -0.15) is 0 Å². The third-order valence-corrected chi connectivity index (χ3v) is 2.46. The summed E-state index contributed by atoms with van der Waals surface area (Å²) in [6, 6.07) is 4.80. The maximum absolute atomic E-state index is 11.6. The van der Waals surface area contributed by atoms with Gasteiger partial charge in [0.1, 0.15) is 12.4 Å². The Balaban J connectivity index is 2.50. The largest absolute Gasteiger partial charge is 0.495 e.